The Hall–Kier alpha value is -1.91. The van der Waals surface area contributed by atoms with Crippen LogP contribution < -0.4 is 0 Å². The molecule has 0 bridgehead atoms. The number of hydroxylamine groups is 2. The van der Waals surface area contributed by atoms with E-state index in [1.807, 2.05) is 19.1 Å². The molecule has 0 spiro atoms. The Morgan fingerprint density at radius 1 is 1.16 bits per heavy atom. The first-order valence-electron chi connectivity index (χ1n) is 9.44. The fraction of sp³-hybridized carbons (Fsp3) is 0.238. The number of sulfone groups is 1. The molecular weight excluding hydrogens is 476 g/mol. The maximum Gasteiger partial charge on any atom is 0.264 e. The van der Waals surface area contributed by atoms with Crippen LogP contribution in [0.2, 0.25) is 5.02 Å². The lowest BCUT2D eigenvalue weighted by atomic mass is 10.1. The minimum atomic E-state index is -3.31. The largest absolute Gasteiger partial charge is 0.430 e. The van der Waals surface area contributed by atoms with Crippen molar-refractivity contribution in [3.63, 3.8) is 0 Å². The number of hydrogen-bond donors (Lipinski definition) is 1. The van der Waals surface area contributed by atoms with Gasteiger partial charge in [0.1, 0.15) is 5.69 Å². The number of aromatic nitrogens is 1. The SMILES string of the molecule is CCCCN(O)C(=S)Sc1nc(-c2ccc(Cl)cc2)c(-c2ccc(S(C)(=O)=O)cc2)o1. The smallest absolute Gasteiger partial charge is 0.264 e. The van der Waals surface area contributed by atoms with Gasteiger partial charge < -0.3 is 4.42 Å². The topological polar surface area (TPSA) is 83.6 Å². The van der Waals surface area contributed by atoms with E-state index >= 15 is 0 Å². The highest BCUT2D eigenvalue weighted by Gasteiger charge is 2.20. The van der Waals surface area contributed by atoms with Crippen LogP contribution in [0.4, 0.5) is 0 Å². The van der Waals surface area contributed by atoms with Gasteiger partial charge in [-0.1, -0.05) is 37.1 Å². The predicted octanol–water partition coefficient (Wildman–Crippen LogP) is 5.93. The Labute approximate surface area is 196 Å². The summed E-state index contributed by atoms with van der Waals surface area (Å²) in [7, 11) is -3.31. The maximum atomic E-state index is 11.8. The number of benzene rings is 2. The average molecular weight is 497 g/mol. The van der Waals surface area contributed by atoms with E-state index in [1.54, 1.807) is 24.3 Å². The Kier molecular flexibility index (Phi) is 7.77. The minimum absolute atomic E-state index is 0.214. The first-order chi connectivity index (χ1) is 14.7. The predicted molar refractivity (Wildman–Crippen MR) is 127 cm³/mol. The summed E-state index contributed by atoms with van der Waals surface area (Å²) in [4.78, 5) is 4.78. The molecule has 0 amide bonds. The summed E-state index contributed by atoms with van der Waals surface area (Å²) in [5.74, 6) is 0.464. The van der Waals surface area contributed by atoms with Crippen LogP contribution in [0.5, 0.6) is 0 Å². The summed E-state index contributed by atoms with van der Waals surface area (Å²) >= 11 is 12.3. The second-order valence-electron chi connectivity index (χ2n) is 6.81. The fourth-order valence-corrected chi connectivity index (χ4v) is 4.39. The van der Waals surface area contributed by atoms with E-state index in [9.17, 15) is 13.6 Å². The van der Waals surface area contributed by atoms with Gasteiger partial charge in [0.2, 0.25) is 0 Å². The molecule has 164 valence electrons. The van der Waals surface area contributed by atoms with Gasteiger partial charge in [-0.3, -0.25) is 5.21 Å². The molecule has 0 unspecified atom stereocenters. The van der Waals surface area contributed by atoms with Crippen molar-refractivity contribution in [2.45, 2.75) is 29.9 Å². The lowest BCUT2D eigenvalue weighted by Crippen LogP contribution is -2.24. The summed E-state index contributed by atoms with van der Waals surface area (Å²) in [6.45, 7) is 2.45. The van der Waals surface area contributed by atoms with Crippen molar-refractivity contribution >= 4 is 49.7 Å². The van der Waals surface area contributed by atoms with Crippen LogP contribution in [-0.4, -0.2) is 40.8 Å². The Balaban J connectivity index is 1.98. The first-order valence-corrected chi connectivity index (χ1v) is 12.9. The van der Waals surface area contributed by atoms with Crippen molar-refractivity contribution in [1.82, 2.24) is 10.0 Å². The molecule has 3 rings (SSSR count). The zero-order valence-corrected chi connectivity index (χ0v) is 20.1. The average Bonchev–Trinajstić information content (AvgIpc) is 3.15. The van der Waals surface area contributed by atoms with Gasteiger partial charge in [0.25, 0.3) is 5.22 Å². The Morgan fingerprint density at radius 3 is 2.35 bits per heavy atom. The van der Waals surface area contributed by atoms with E-state index in [0.717, 1.165) is 41.5 Å². The fourth-order valence-electron chi connectivity index (χ4n) is 2.72. The zero-order valence-electron chi connectivity index (χ0n) is 16.9. The number of oxazole rings is 1. The highest BCUT2D eigenvalue weighted by molar-refractivity contribution is 8.22. The van der Waals surface area contributed by atoms with E-state index in [4.69, 9.17) is 28.2 Å². The molecular formula is C21H21ClN2O4S3. The van der Waals surface area contributed by atoms with Crippen molar-refractivity contribution in [2.75, 3.05) is 12.8 Å². The zero-order chi connectivity index (χ0) is 22.6. The van der Waals surface area contributed by atoms with E-state index in [0.29, 0.717) is 28.6 Å². The quantitative estimate of drug-likeness (QED) is 0.244. The molecule has 1 aromatic heterocycles. The molecule has 0 saturated carbocycles. The van der Waals surface area contributed by atoms with Crippen LogP contribution in [0.3, 0.4) is 0 Å². The molecule has 0 saturated heterocycles. The maximum absolute atomic E-state index is 11.8. The lowest BCUT2D eigenvalue weighted by molar-refractivity contribution is -0.00878. The minimum Gasteiger partial charge on any atom is -0.430 e. The van der Waals surface area contributed by atoms with E-state index < -0.39 is 9.84 Å². The number of thioether (sulfide) groups is 1. The third-order valence-electron chi connectivity index (χ3n) is 4.38. The molecule has 0 aliphatic heterocycles. The van der Waals surface area contributed by atoms with Gasteiger partial charge in [0.05, 0.1) is 4.90 Å². The molecule has 10 heteroatoms. The van der Waals surface area contributed by atoms with E-state index in [-0.39, 0.29) is 14.4 Å². The summed E-state index contributed by atoms with van der Waals surface area (Å²) in [5, 5.41) is 12.0. The van der Waals surface area contributed by atoms with Crippen molar-refractivity contribution in [2.24, 2.45) is 0 Å². The van der Waals surface area contributed by atoms with Gasteiger partial charge in [-0.25, -0.2) is 18.5 Å². The van der Waals surface area contributed by atoms with Gasteiger partial charge >= 0.3 is 0 Å². The molecule has 0 radical (unpaired) electrons. The highest BCUT2D eigenvalue weighted by atomic mass is 35.5. The van der Waals surface area contributed by atoms with Crippen LogP contribution in [-0.2, 0) is 9.84 Å². The molecule has 0 aliphatic carbocycles. The number of halogens is 1. The van der Waals surface area contributed by atoms with Crippen LogP contribution in [0.1, 0.15) is 19.8 Å². The van der Waals surface area contributed by atoms with Crippen LogP contribution in [0.15, 0.2) is 63.1 Å². The van der Waals surface area contributed by atoms with Gasteiger partial charge in [-0.15, -0.1) is 0 Å². The van der Waals surface area contributed by atoms with Gasteiger partial charge in [-0.2, -0.15) is 0 Å². The van der Waals surface area contributed by atoms with Crippen molar-refractivity contribution in [1.29, 1.82) is 0 Å². The summed E-state index contributed by atoms with van der Waals surface area (Å²) < 4.78 is 29.8. The molecule has 3 aromatic rings. The molecule has 0 aliphatic rings. The third kappa shape index (κ3) is 6.08. The molecule has 6 nitrogen and oxygen atoms in total. The third-order valence-corrected chi connectivity index (χ3v) is 6.95. The summed E-state index contributed by atoms with van der Waals surface area (Å²) in [5.41, 5.74) is 2.00. The second-order valence-corrected chi connectivity index (χ2v) is 10.8. The van der Waals surface area contributed by atoms with Crippen LogP contribution >= 0.6 is 35.6 Å². The van der Waals surface area contributed by atoms with Gasteiger partial charge in [0, 0.05) is 40.7 Å². The van der Waals surface area contributed by atoms with Crippen LogP contribution in [0.25, 0.3) is 22.6 Å². The molecule has 0 fully saturated rings. The molecule has 2 aromatic carbocycles. The number of hydrogen-bond acceptors (Lipinski definition) is 7. The molecule has 31 heavy (non-hydrogen) atoms. The van der Waals surface area contributed by atoms with E-state index in [2.05, 4.69) is 4.98 Å². The van der Waals surface area contributed by atoms with Crippen molar-refractivity contribution in [3.8, 4) is 22.6 Å². The Bertz CT molecular complexity index is 1160. The standard InChI is InChI=1S/C21H21ClN2O4S3/c1-3-4-13-24(25)21(29)30-20-23-18(14-5-9-16(22)10-6-14)19(28-20)15-7-11-17(12-8-15)31(2,26)27/h5-12,25H,3-4,13H2,1-2H3. The Morgan fingerprint density at radius 2 is 1.77 bits per heavy atom. The molecule has 1 N–H and O–H groups in total. The van der Waals surface area contributed by atoms with Crippen LogP contribution in [0, 0.1) is 0 Å². The van der Waals surface area contributed by atoms with Gasteiger partial charge in [-0.05, 0) is 55.0 Å². The normalized spacial score (nSPS) is 11.5. The number of nitrogens with zero attached hydrogens (tertiary/aromatic N) is 2. The number of thiocarbonyl (C=S) groups is 1. The van der Waals surface area contributed by atoms with Gasteiger partial charge in [0.15, 0.2) is 19.9 Å². The lowest BCUT2D eigenvalue weighted by Gasteiger charge is -2.14. The molecule has 1 heterocycles. The van der Waals surface area contributed by atoms with Crippen molar-refractivity contribution in [3.05, 3.63) is 53.6 Å². The monoisotopic (exact) mass is 496 g/mol. The molecule has 0 atom stereocenters. The first kappa shape index (κ1) is 23.7. The number of unbranched alkanes of at least 4 members (excludes halogenated alkanes) is 1. The highest BCUT2D eigenvalue weighted by Crippen LogP contribution is 2.37. The second kappa shape index (κ2) is 10.1. The number of rotatable bonds is 7. The summed E-state index contributed by atoms with van der Waals surface area (Å²) in [6.07, 6.45) is 2.89. The summed E-state index contributed by atoms with van der Waals surface area (Å²) in [6, 6.07) is 13.5. The van der Waals surface area contributed by atoms with E-state index in [1.165, 1.54) is 12.1 Å². The van der Waals surface area contributed by atoms with Crippen molar-refractivity contribution < 1.29 is 18.0 Å².